The number of rotatable bonds is 2. The van der Waals surface area contributed by atoms with Crippen LogP contribution >= 0.6 is 0 Å². The average molecular weight is 290 g/mol. The van der Waals surface area contributed by atoms with E-state index in [2.05, 4.69) is 0 Å². The Morgan fingerprint density at radius 2 is 1.95 bits per heavy atom. The fraction of sp³-hybridized carbons (Fsp3) is 0.600. The third kappa shape index (κ3) is 3.32. The van der Waals surface area contributed by atoms with E-state index in [0.717, 1.165) is 0 Å². The Balaban J connectivity index is 2.12. The summed E-state index contributed by atoms with van der Waals surface area (Å²) in [5, 5.41) is 10.3. The zero-order valence-corrected chi connectivity index (χ0v) is 11.3. The summed E-state index contributed by atoms with van der Waals surface area (Å²) in [4.78, 5) is 0. The smallest absolute Gasteiger partial charge is 0.388 e. The number of halogens is 4. The molecular formula is C15H18F4O. The maximum Gasteiger partial charge on any atom is 0.391 e. The van der Waals surface area contributed by atoms with Crippen LogP contribution in [-0.4, -0.2) is 11.3 Å². The van der Waals surface area contributed by atoms with Gasteiger partial charge >= 0.3 is 6.18 Å². The Labute approximate surface area is 115 Å². The third-order valence-electron chi connectivity index (χ3n) is 4.15. The van der Waals surface area contributed by atoms with E-state index in [9.17, 15) is 22.7 Å². The Hall–Kier alpha value is -1.10. The van der Waals surface area contributed by atoms with Crippen LogP contribution in [0.1, 0.15) is 42.9 Å². The number of aryl methyl sites for hydroxylation is 1. The van der Waals surface area contributed by atoms with Crippen LogP contribution in [0.4, 0.5) is 17.6 Å². The first-order valence-corrected chi connectivity index (χ1v) is 6.80. The van der Waals surface area contributed by atoms with Crippen LogP contribution < -0.4 is 0 Å². The molecule has 0 aromatic heterocycles. The molecule has 5 heteroatoms. The van der Waals surface area contributed by atoms with E-state index in [1.54, 1.807) is 6.92 Å². The van der Waals surface area contributed by atoms with Crippen molar-refractivity contribution in [3.63, 3.8) is 0 Å². The summed E-state index contributed by atoms with van der Waals surface area (Å²) in [6, 6.07) is 4.21. The number of hydrogen-bond donors (Lipinski definition) is 1. The predicted molar refractivity (Wildman–Crippen MR) is 67.6 cm³/mol. The van der Waals surface area contributed by atoms with Gasteiger partial charge in [0.05, 0.1) is 12.0 Å². The van der Waals surface area contributed by atoms with Gasteiger partial charge in [0.25, 0.3) is 0 Å². The highest BCUT2D eigenvalue weighted by Crippen LogP contribution is 2.43. The minimum Gasteiger partial charge on any atom is -0.388 e. The summed E-state index contributed by atoms with van der Waals surface area (Å²) in [7, 11) is 0. The normalized spacial score (nSPS) is 25.5. The van der Waals surface area contributed by atoms with Gasteiger partial charge in [0.2, 0.25) is 0 Å². The van der Waals surface area contributed by atoms with Crippen LogP contribution in [0.25, 0.3) is 0 Å². The molecule has 1 saturated carbocycles. The van der Waals surface area contributed by atoms with Crippen LogP contribution in [0.2, 0.25) is 0 Å². The van der Waals surface area contributed by atoms with Gasteiger partial charge in [-0.1, -0.05) is 18.6 Å². The second kappa shape index (κ2) is 5.72. The lowest BCUT2D eigenvalue weighted by molar-refractivity contribution is -0.189. The van der Waals surface area contributed by atoms with Crippen molar-refractivity contribution in [2.24, 2.45) is 11.8 Å². The predicted octanol–water partition coefficient (Wildman–Crippen LogP) is 4.54. The lowest BCUT2D eigenvalue weighted by atomic mass is 9.77. The van der Waals surface area contributed by atoms with Gasteiger partial charge in [-0.3, -0.25) is 0 Å². The molecule has 1 aromatic rings. The summed E-state index contributed by atoms with van der Waals surface area (Å²) in [6.45, 7) is 1.57. The van der Waals surface area contributed by atoms with E-state index >= 15 is 0 Å². The van der Waals surface area contributed by atoms with Crippen molar-refractivity contribution in [1.82, 2.24) is 0 Å². The van der Waals surface area contributed by atoms with Crippen molar-refractivity contribution in [3.8, 4) is 0 Å². The lowest BCUT2D eigenvalue weighted by Gasteiger charge is -2.33. The third-order valence-corrected chi connectivity index (χ3v) is 4.15. The highest BCUT2D eigenvalue weighted by molar-refractivity contribution is 5.26. The fourth-order valence-corrected chi connectivity index (χ4v) is 2.94. The highest BCUT2D eigenvalue weighted by atomic mass is 19.4. The largest absolute Gasteiger partial charge is 0.391 e. The molecular weight excluding hydrogens is 272 g/mol. The molecule has 1 aromatic carbocycles. The summed E-state index contributed by atoms with van der Waals surface area (Å²) >= 11 is 0. The Morgan fingerprint density at radius 3 is 2.55 bits per heavy atom. The molecule has 0 amide bonds. The van der Waals surface area contributed by atoms with Gasteiger partial charge in [0, 0.05) is 0 Å². The zero-order chi connectivity index (χ0) is 14.9. The van der Waals surface area contributed by atoms with Gasteiger partial charge in [0.1, 0.15) is 5.82 Å². The van der Waals surface area contributed by atoms with E-state index in [1.165, 1.54) is 18.2 Å². The van der Waals surface area contributed by atoms with Crippen molar-refractivity contribution in [2.45, 2.75) is 44.9 Å². The fourth-order valence-electron chi connectivity index (χ4n) is 2.94. The number of aliphatic hydroxyl groups excluding tert-OH is 1. The second-order valence-electron chi connectivity index (χ2n) is 5.62. The van der Waals surface area contributed by atoms with Crippen LogP contribution in [-0.2, 0) is 0 Å². The number of alkyl halides is 3. The Kier molecular flexibility index (Phi) is 4.37. The number of benzene rings is 1. The van der Waals surface area contributed by atoms with Gasteiger partial charge in [-0.2, -0.15) is 13.2 Å². The van der Waals surface area contributed by atoms with E-state index in [1.807, 2.05) is 0 Å². The molecule has 0 radical (unpaired) electrons. The molecule has 0 bridgehead atoms. The molecule has 0 aliphatic heterocycles. The van der Waals surface area contributed by atoms with E-state index in [0.29, 0.717) is 24.0 Å². The van der Waals surface area contributed by atoms with Gasteiger partial charge < -0.3 is 5.11 Å². The zero-order valence-electron chi connectivity index (χ0n) is 11.3. The van der Waals surface area contributed by atoms with Gasteiger partial charge in [-0.25, -0.2) is 4.39 Å². The average Bonchev–Trinajstić information content (AvgIpc) is 2.40. The van der Waals surface area contributed by atoms with Gasteiger partial charge in [-0.15, -0.1) is 0 Å². The van der Waals surface area contributed by atoms with E-state index in [4.69, 9.17) is 0 Å². The van der Waals surface area contributed by atoms with Crippen LogP contribution in [0.3, 0.4) is 0 Å². The van der Waals surface area contributed by atoms with Crippen LogP contribution in [0.5, 0.6) is 0 Å². The van der Waals surface area contributed by atoms with Crippen molar-refractivity contribution in [1.29, 1.82) is 0 Å². The van der Waals surface area contributed by atoms with E-state index < -0.39 is 24.1 Å². The molecule has 0 heterocycles. The Bertz CT molecular complexity index is 469. The standard InChI is InChI=1S/C15H18F4O/c1-9-7-11(5-6-13(9)16)14(20)10-3-2-4-12(8-10)15(17,18)19/h5-7,10,12,14,20H,2-4,8H2,1H3. The number of aliphatic hydroxyl groups is 1. The topological polar surface area (TPSA) is 20.2 Å². The molecule has 1 fully saturated rings. The first kappa shape index (κ1) is 15.3. The summed E-state index contributed by atoms with van der Waals surface area (Å²) < 4.78 is 51.5. The summed E-state index contributed by atoms with van der Waals surface area (Å²) in [6.07, 6.45) is -4.04. The SMILES string of the molecule is Cc1cc(C(O)C2CCCC(C(F)(F)F)C2)ccc1F. The monoisotopic (exact) mass is 290 g/mol. The minimum absolute atomic E-state index is 0.0545. The molecule has 2 rings (SSSR count). The quantitative estimate of drug-likeness (QED) is 0.793. The maximum absolute atomic E-state index is 13.2. The van der Waals surface area contributed by atoms with Crippen molar-refractivity contribution < 1.29 is 22.7 Å². The molecule has 0 saturated heterocycles. The minimum atomic E-state index is -4.20. The molecule has 112 valence electrons. The molecule has 3 unspecified atom stereocenters. The number of hydrogen-bond acceptors (Lipinski definition) is 1. The molecule has 20 heavy (non-hydrogen) atoms. The lowest BCUT2D eigenvalue weighted by Crippen LogP contribution is -2.31. The van der Waals surface area contributed by atoms with Crippen LogP contribution in [0.15, 0.2) is 18.2 Å². The maximum atomic E-state index is 13.2. The van der Waals surface area contributed by atoms with Crippen molar-refractivity contribution in [3.05, 3.63) is 35.1 Å². The first-order chi connectivity index (χ1) is 9.29. The molecule has 3 atom stereocenters. The van der Waals surface area contributed by atoms with Crippen molar-refractivity contribution in [2.75, 3.05) is 0 Å². The Morgan fingerprint density at radius 1 is 1.25 bits per heavy atom. The first-order valence-electron chi connectivity index (χ1n) is 6.80. The second-order valence-corrected chi connectivity index (χ2v) is 5.62. The molecule has 0 spiro atoms. The molecule has 1 aliphatic carbocycles. The van der Waals surface area contributed by atoms with E-state index in [-0.39, 0.29) is 18.7 Å². The van der Waals surface area contributed by atoms with Crippen molar-refractivity contribution >= 4 is 0 Å². The molecule has 1 N–H and O–H groups in total. The summed E-state index contributed by atoms with van der Waals surface area (Å²) in [5.74, 6) is -2.13. The molecule has 1 aliphatic rings. The summed E-state index contributed by atoms with van der Waals surface area (Å²) in [5.41, 5.74) is 0.890. The van der Waals surface area contributed by atoms with Crippen LogP contribution in [0, 0.1) is 24.6 Å². The van der Waals surface area contributed by atoms with Gasteiger partial charge in [0.15, 0.2) is 0 Å². The van der Waals surface area contributed by atoms with Gasteiger partial charge in [-0.05, 0) is 49.3 Å². The molecule has 1 nitrogen and oxygen atoms in total. The highest BCUT2D eigenvalue weighted by Gasteiger charge is 2.43.